The second kappa shape index (κ2) is 3.48. The summed E-state index contributed by atoms with van der Waals surface area (Å²) in [6.07, 6.45) is -0.799. The second-order valence-electron chi connectivity index (χ2n) is 4.54. The maximum absolute atomic E-state index is 10.1. The Labute approximate surface area is 94.3 Å². The smallest absolute Gasteiger partial charge is 0.126 e. The molecule has 0 saturated carbocycles. The zero-order valence-corrected chi connectivity index (χ0v) is 9.27. The lowest BCUT2D eigenvalue weighted by Gasteiger charge is -2.40. The van der Waals surface area contributed by atoms with E-state index in [9.17, 15) is 5.11 Å². The zero-order valence-electron chi connectivity index (χ0n) is 9.27. The molecule has 0 fully saturated rings. The Hall–Kier alpha value is -1.57. The number of rotatable bonds is 0. The van der Waals surface area contributed by atoms with Gasteiger partial charge in [-0.15, -0.1) is 0 Å². The minimum absolute atomic E-state index is 0.494. The van der Waals surface area contributed by atoms with Crippen molar-refractivity contribution in [3.63, 3.8) is 0 Å². The van der Waals surface area contributed by atoms with E-state index in [1.165, 1.54) is 0 Å². The summed E-state index contributed by atoms with van der Waals surface area (Å²) in [5.74, 6) is 0.596. The van der Waals surface area contributed by atoms with Gasteiger partial charge in [0.25, 0.3) is 0 Å². The predicted molar refractivity (Wildman–Crippen MR) is 58.8 cm³/mol. The van der Waals surface area contributed by atoms with Gasteiger partial charge in [-0.3, -0.25) is 0 Å². The van der Waals surface area contributed by atoms with Gasteiger partial charge >= 0.3 is 0 Å². The summed E-state index contributed by atoms with van der Waals surface area (Å²) in [5, 5.41) is 18.9. The summed E-state index contributed by atoms with van der Waals surface area (Å²) in [5.41, 5.74) is 6.38. The summed E-state index contributed by atoms with van der Waals surface area (Å²) < 4.78 is 5.71. The van der Waals surface area contributed by atoms with Crippen LogP contribution < -0.4 is 10.5 Å². The molecule has 4 heteroatoms. The quantitative estimate of drug-likeness (QED) is 0.683. The Kier molecular flexibility index (Phi) is 2.38. The van der Waals surface area contributed by atoms with E-state index >= 15 is 0 Å². The van der Waals surface area contributed by atoms with Crippen LogP contribution in [0.4, 0.5) is 0 Å². The van der Waals surface area contributed by atoms with Crippen molar-refractivity contribution in [1.82, 2.24) is 0 Å². The molecule has 0 aliphatic carbocycles. The van der Waals surface area contributed by atoms with Gasteiger partial charge in [-0.25, -0.2) is 0 Å². The zero-order chi connectivity index (χ0) is 11.9. The largest absolute Gasteiger partial charge is 0.486 e. The summed E-state index contributed by atoms with van der Waals surface area (Å²) in [4.78, 5) is 0. The summed E-state index contributed by atoms with van der Waals surface area (Å²) in [7, 11) is 0. The molecule has 0 aromatic heterocycles. The van der Waals surface area contributed by atoms with Crippen molar-refractivity contribution in [2.75, 3.05) is 0 Å². The van der Waals surface area contributed by atoms with Crippen LogP contribution in [0, 0.1) is 11.3 Å². The molecule has 1 aliphatic rings. The molecule has 1 aromatic rings. The van der Waals surface area contributed by atoms with Crippen LogP contribution in [0.5, 0.6) is 5.75 Å². The molecule has 2 atom stereocenters. The average molecular weight is 218 g/mol. The predicted octanol–water partition coefficient (Wildman–Crippen LogP) is 1.09. The highest BCUT2D eigenvalue weighted by Gasteiger charge is 2.40. The fourth-order valence-electron chi connectivity index (χ4n) is 1.87. The van der Waals surface area contributed by atoms with E-state index in [4.69, 9.17) is 15.7 Å². The van der Waals surface area contributed by atoms with E-state index in [0.717, 1.165) is 0 Å². The number of nitriles is 1. The van der Waals surface area contributed by atoms with Crippen molar-refractivity contribution in [3.8, 4) is 11.8 Å². The molecule has 4 nitrogen and oxygen atoms in total. The van der Waals surface area contributed by atoms with Gasteiger partial charge in [0.05, 0.1) is 17.7 Å². The summed E-state index contributed by atoms with van der Waals surface area (Å²) in [6.45, 7) is 3.67. The molecule has 2 rings (SSSR count). The molecule has 0 bridgehead atoms. The Bertz CT molecular complexity index is 463. The standard InChI is InChI=1S/C12H14N2O2/c1-12(2)11(14)10(15)8-5-7(6-13)3-4-9(8)16-12/h3-5,10-11,15H,14H2,1-2H3. The van der Waals surface area contributed by atoms with Crippen molar-refractivity contribution in [1.29, 1.82) is 5.26 Å². The van der Waals surface area contributed by atoms with Crippen LogP contribution in [-0.4, -0.2) is 16.7 Å². The molecule has 84 valence electrons. The van der Waals surface area contributed by atoms with Crippen LogP contribution in [0.2, 0.25) is 0 Å². The van der Waals surface area contributed by atoms with Crippen LogP contribution in [0.25, 0.3) is 0 Å². The van der Waals surface area contributed by atoms with Gasteiger partial charge in [0.15, 0.2) is 0 Å². The first-order valence-electron chi connectivity index (χ1n) is 5.12. The summed E-state index contributed by atoms with van der Waals surface area (Å²) >= 11 is 0. The fraction of sp³-hybridized carbons (Fsp3) is 0.417. The molecule has 0 amide bonds. The van der Waals surface area contributed by atoms with E-state index in [1.54, 1.807) is 18.2 Å². The highest BCUT2D eigenvalue weighted by molar-refractivity contribution is 5.45. The molecule has 0 spiro atoms. The molecule has 2 unspecified atom stereocenters. The maximum Gasteiger partial charge on any atom is 0.126 e. The number of aliphatic hydroxyl groups excluding tert-OH is 1. The number of nitrogens with two attached hydrogens (primary N) is 1. The van der Waals surface area contributed by atoms with Crippen LogP contribution >= 0.6 is 0 Å². The number of aliphatic hydroxyl groups is 1. The first-order valence-corrected chi connectivity index (χ1v) is 5.12. The number of fused-ring (bicyclic) bond motifs is 1. The lowest BCUT2D eigenvalue weighted by atomic mass is 9.86. The van der Waals surface area contributed by atoms with E-state index in [1.807, 2.05) is 19.9 Å². The van der Waals surface area contributed by atoms with Gasteiger partial charge in [0.1, 0.15) is 17.5 Å². The third kappa shape index (κ3) is 1.54. The Morgan fingerprint density at radius 2 is 2.19 bits per heavy atom. The van der Waals surface area contributed by atoms with Gasteiger partial charge in [0.2, 0.25) is 0 Å². The summed E-state index contributed by atoms with van der Waals surface area (Å²) in [6, 6.07) is 6.50. The molecule has 16 heavy (non-hydrogen) atoms. The van der Waals surface area contributed by atoms with E-state index in [2.05, 4.69) is 0 Å². The van der Waals surface area contributed by atoms with Crippen LogP contribution in [0.15, 0.2) is 18.2 Å². The van der Waals surface area contributed by atoms with Crippen molar-refractivity contribution < 1.29 is 9.84 Å². The lowest BCUT2D eigenvalue weighted by Crippen LogP contribution is -2.53. The van der Waals surface area contributed by atoms with Crippen molar-refractivity contribution in [2.24, 2.45) is 5.73 Å². The molecule has 1 heterocycles. The number of hydrogen-bond acceptors (Lipinski definition) is 4. The third-order valence-electron chi connectivity index (χ3n) is 2.97. The van der Waals surface area contributed by atoms with Gasteiger partial charge in [-0.2, -0.15) is 5.26 Å². The van der Waals surface area contributed by atoms with E-state index in [0.29, 0.717) is 16.9 Å². The van der Waals surface area contributed by atoms with Gasteiger partial charge in [0, 0.05) is 5.56 Å². The number of benzene rings is 1. The third-order valence-corrected chi connectivity index (χ3v) is 2.97. The molecule has 0 saturated heterocycles. The minimum Gasteiger partial charge on any atom is -0.486 e. The van der Waals surface area contributed by atoms with Crippen molar-refractivity contribution in [2.45, 2.75) is 31.6 Å². The molecule has 1 aromatic carbocycles. The highest BCUT2D eigenvalue weighted by Crippen LogP contribution is 2.38. The Balaban J connectivity index is 2.52. The van der Waals surface area contributed by atoms with Gasteiger partial charge in [-0.1, -0.05) is 0 Å². The fourth-order valence-corrected chi connectivity index (χ4v) is 1.87. The van der Waals surface area contributed by atoms with Crippen LogP contribution in [0.1, 0.15) is 31.1 Å². The van der Waals surface area contributed by atoms with E-state index in [-0.39, 0.29) is 0 Å². The number of hydrogen-bond donors (Lipinski definition) is 2. The lowest BCUT2D eigenvalue weighted by molar-refractivity contribution is -0.0117. The molecule has 1 aliphatic heterocycles. The topological polar surface area (TPSA) is 79.3 Å². The molecular weight excluding hydrogens is 204 g/mol. The monoisotopic (exact) mass is 218 g/mol. The van der Waals surface area contributed by atoms with Gasteiger partial charge in [-0.05, 0) is 32.0 Å². The van der Waals surface area contributed by atoms with Crippen molar-refractivity contribution >= 4 is 0 Å². The Morgan fingerprint density at radius 1 is 1.50 bits per heavy atom. The highest BCUT2D eigenvalue weighted by atomic mass is 16.5. The first kappa shape index (κ1) is 10.9. The van der Waals surface area contributed by atoms with Crippen LogP contribution in [0.3, 0.4) is 0 Å². The average Bonchev–Trinajstić information content (AvgIpc) is 2.25. The molecular formula is C12H14N2O2. The Morgan fingerprint density at radius 3 is 2.81 bits per heavy atom. The molecule has 3 N–H and O–H groups in total. The SMILES string of the molecule is CC1(C)Oc2ccc(C#N)cc2C(O)C1N. The van der Waals surface area contributed by atoms with E-state index < -0.39 is 17.7 Å². The first-order chi connectivity index (χ1) is 7.45. The molecule has 0 radical (unpaired) electrons. The maximum atomic E-state index is 10.1. The van der Waals surface area contributed by atoms with Gasteiger partial charge < -0.3 is 15.6 Å². The minimum atomic E-state index is -0.799. The second-order valence-corrected chi connectivity index (χ2v) is 4.54. The number of ether oxygens (including phenoxy) is 1. The number of nitrogens with zero attached hydrogens (tertiary/aromatic N) is 1. The van der Waals surface area contributed by atoms with Crippen molar-refractivity contribution in [3.05, 3.63) is 29.3 Å². The normalized spacial score (nSPS) is 26.4. The van der Waals surface area contributed by atoms with Crippen LogP contribution in [-0.2, 0) is 0 Å².